The van der Waals surface area contributed by atoms with Crippen molar-refractivity contribution in [2.75, 3.05) is 48.4 Å². The van der Waals surface area contributed by atoms with E-state index in [1.54, 1.807) is 17.0 Å². The van der Waals surface area contributed by atoms with E-state index in [9.17, 15) is 30.8 Å². The molecule has 3 aromatic carbocycles. The Bertz CT molecular complexity index is 1430. The van der Waals surface area contributed by atoms with Gasteiger partial charge in [0.25, 0.3) is 15.9 Å². The molecular weight excluding hydrogens is 518 g/mol. The topological polar surface area (TPSA) is 97.0 Å². The van der Waals surface area contributed by atoms with E-state index in [0.717, 1.165) is 6.07 Å². The minimum atomic E-state index is -4.23. The number of benzene rings is 3. The number of carbonyl (C=O) groups is 1. The molecule has 8 nitrogen and oxygen atoms in total. The van der Waals surface area contributed by atoms with Crippen LogP contribution in [0.2, 0.25) is 0 Å². The predicted octanol–water partition coefficient (Wildman–Crippen LogP) is 4.14. The number of nitrogens with one attached hydrogen (secondary N) is 2. The normalized spacial score (nSPS) is 13.8. The summed E-state index contributed by atoms with van der Waals surface area (Å²) >= 11 is 0. The summed E-state index contributed by atoms with van der Waals surface area (Å²) in [5, 5.41) is 2.21. The molecule has 1 amide bonds. The first kappa shape index (κ1) is 26.2. The Morgan fingerprint density at radius 2 is 1.57 bits per heavy atom. The lowest BCUT2D eigenvalue weighted by atomic mass is 10.1. The number of hydrogen-bond acceptors (Lipinski definition) is 6. The average Bonchev–Trinajstić information content (AvgIpc) is 2.90. The van der Waals surface area contributed by atoms with Crippen molar-refractivity contribution in [1.82, 2.24) is 0 Å². The molecule has 2 N–H and O–H groups in total. The number of hydrogen-bond donors (Lipinski definition) is 2. The van der Waals surface area contributed by atoms with Gasteiger partial charge in [-0.1, -0.05) is 0 Å². The molecule has 13 heteroatoms. The number of morpholine rings is 1. The molecule has 4 rings (SSSR count). The third-order valence-electron chi connectivity index (χ3n) is 5.55. The first-order valence-electron chi connectivity index (χ1n) is 10.9. The third kappa shape index (κ3) is 5.62. The number of ether oxygens (including phenoxy) is 2. The number of halogens is 4. The van der Waals surface area contributed by atoms with Gasteiger partial charge in [0.05, 0.1) is 31.6 Å². The summed E-state index contributed by atoms with van der Waals surface area (Å²) in [4.78, 5) is 14.1. The van der Waals surface area contributed by atoms with Crippen LogP contribution in [0.1, 0.15) is 10.4 Å². The summed E-state index contributed by atoms with van der Waals surface area (Å²) in [7, 11) is -2.76. The molecule has 1 fully saturated rings. The second-order valence-electron chi connectivity index (χ2n) is 7.92. The van der Waals surface area contributed by atoms with Crippen LogP contribution in [0.15, 0.2) is 53.4 Å². The Kier molecular flexibility index (Phi) is 7.55. The average molecular weight is 540 g/mol. The van der Waals surface area contributed by atoms with Crippen molar-refractivity contribution in [3.63, 3.8) is 0 Å². The molecule has 0 aromatic heterocycles. The maximum absolute atomic E-state index is 14.1. The van der Waals surface area contributed by atoms with Crippen LogP contribution in [0.3, 0.4) is 0 Å². The molecule has 1 saturated heterocycles. The summed E-state index contributed by atoms with van der Waals surface area (Å²) < 4.78 is 94.2. The summed E-state index contributed by atoms with van der Waals surface area (Å²) in [5.74, 6) is -8.61. The molecule has 0 unspecified atom stereocenters. The van der Waals surface area contributed by atoms with Gasteiger partial charge in [0.2, 0.25) is 0 Å². The van der Waals surface area contributed by atoms with Crippen LogP contribution in [0, 0.1) is 23.3 Å². The van der Waals surface area contributed by atoms with Crippen LogP contribution in [-0.4, -0.2) is 47.7 Å². The minimum absolute atomic E-state index is 0.110. The van der Waals surface area contributed by atoms with E-state index in [2.05, 4.69) is 10.0 Å². The summed E-state index contributed by atoms with van der Waals surface area (Å²) in [6.07, 6.45) is 0. The second-order valence-corrected chi connectivity index (χ2v) is 9.57. The number of anilines is 3. The zero-order valence-corrected chi connectivity index (χ0v) is 20.2. The van der Waals surface area contributed by atoms with E-state index in [4.69, 9.17) is 9.47 Å². The van der Waals surface area contributed by atoms with Crippen LogP contribution in [0.4, 0.5) is 34.6 Å². The molecule has 0 bridgehead atoms. The first-order chi connectivity index (χ1) is 17.6. The molecular formula is C24H21F4N3O5S. The van der Waals surface area contributed by atoms with E-state index in [1.807, 2.05) is 0 Å². The lowest BCUT2D eigenvalue weighted by Gasteiger charge is -2.30. The largest absolute Gasteiger partial charge is 0.497 e. The van der Waals surface area contributed by atoms with Crippen molar-refractivity contribution in [2.45, 2.75) is 4.90 Å². The maximum Gasteiger partial charge on any atom is 0.264 e. The van der Waals surface area contributed by atoms with E-state index in [1.165, 1.54) is 31.4 Å². The fourth-order valence-corrected chi connectivity index (χ4v) is 4.99. The molecule has 1 heterocycles. The number of sulfonamides is 1. The quantitative estimate of drug-likeness (QED) is 0.266. The van der Waals surface area contributed by atoms with E-state index < -0.39 is 44.8 Å². The van der Waals surface area contributed by atoms with Gasteiger partial charge in [0, 0.05) is 24.5 Å². The van der Waals surface area contributed by atoms with Crippen molar-refractivity contribution in [3.05, 3.63) is 77.4 Å². The molecule has 0 spiro atoms. The number of rotatable bonds is 7. The van der Waals surface area contributed by atoms with Crippen molar-refractivity contribution < 1.29 is 40.2 Å². The molecule has 0 radical (unpaired) electrons. The van der Waals surface area contributed by atoms with Crippen molar-refractivity contribution in [3.8, 4) is 5.75 Å². The highest BCUT2D eigenvalue weighted by Gasteiger charge is 2.26. The highest BCUT2D eigenvalue weighted by atomic mass is 32.2. The van der Waals surface area contributed by atoms with Gasteiger partial charge >= 0.3 is 0 Å². The zero-order valence-electron chi connectivity index (χ0n) is 19.4. The Hall–Kier alpha value is -3.84. The highest BCUT2D eigenvalue weighted by molar-refractivity contribution is 7.92. The van der Waals surface area contributed by atoms with Gasteiger partial charge in [-0.25, -0.2) is 26.0 Å². The highest BCUT2D eigenvalue weighted by Crippen LogP contribution is 2.31. The minimum Gasteiger partial charge on any atom is -0.497 e. The van der Waals surface area contributed by atoms with Gasteiger partial charge < -0.3 is 19.7 Å². The fraction of sp³-hybridized carbons (Fsp3) is 0.208. The van der Waals surface area contributed by atoms with Crippen LogP contribution >= 0.6 is 0 Å². The number of methoxy groups -OCH3 is 1. The monoisotopic (exact) mass is 539 g/mol. The number of nitrogens with zero attached hydrogens (tertiary/aromatic N) is 1. The second kappa shape index (κ2) is 10.6. The Morgan fingerprint density at radius 1 is 0.919 bits per heavy atom. The van der Waals surface area contributed by atoms with Gasteiger partial charge in [0.15, 0.2) is 23.3 Å². The van der Waals surface area contributed by atoms with Crippen LogP contribution in [-0.2, 0) is 14.8 Å². The van der Waals surface area contributed by atoms with Crippen LogP contribution < -0.4 is 19.7 Å². The summed E-state index contributed by atoms with van der Waals surface area (Å²) in [5.41, 5.74) is -0.647. The van der Waals surface area contributed by atoms with Gasteiger partial charge in [-0.15, -0.1) is 0 Å². The predicted molar refractivity (Wildman–Crippen MR) is 128 cm³/mol. The van der Waals surface area contributed by atoms with Crippen molar-refractivity contribution >= 4 is 33.0 Å². The summed E-state index contributed by atoms with van der Waals surface area (Å²) in [6, 6.07) is 10.2. The Morgan fingerprint density at radius 3 is 2.22 bits per heavy atom. The standard InChI is InChI=1S/C24H21F4N3O5S/c1-35-16-5-2-14(3-6-16)30-37(33,34)20-12-15(4-7-19(20)31-8-10-36-11-9-31)29-24(32)17-13-18(25)22(27)23(28)21(17)26/h2-7,12-13,30H,8-11H2,1H3,(H,29,32). The maximum atomic E-state index is 14.1. The van der Waals surface area contributed by atoms with Gasteiger partial charge in [-0.05, 0) is 48.5 Å². The van der Waals surface area contributed by atoms with E-state index in [-0.39, 0.29) is 22.3 Å². The molecule has 1 aliphatic rings. The smallest absolute Gasteiger partial charge is 0.264 e. The SMILES string of the molecule is COc1ccc(NS(=O)(=O)c2cc(NC(=O)c3cc(F)c(F)c(F)c3F)ccc2N2CCOCC2)cc1. The third-order valence-corrected chi connectivity index (χ3v) is 6.96. The lowest BCUT2D eigenvalue weighted by Crippen LogP contribution is -2.37. The van der Waals surface area contributed by atoms with Crippen LogP contribution in [0.5, 0.6) is 5.75 Å². The molecule has 1 aliphatic heterocycles. The molecule has 0 aliphatic carbocycles. The Labute approximate surface area is 209 Å². The van der Waals surface area contributed by atoms with E-state index in [0.29, 0.717) is 37.7 Å². The van der Waals surface area contributed by atoms with Gasteiger partial charge in [-0.2, -0.15) is 0 Å². The Balaban J connectivity index is 1.70. The molecule has 3 aromatic rings. The summed E-state index contributed by atoms with van der Waals surface area (Å²) in [6.45, 7) is 1.53. The van der Waals surface area contributed by atoms with Crippen molar-refractivity contribution in [1.29, 1.82) is 0 Å². The number of carbonyl (C=O) groups excluding carboxylic acids is 1. The zero-order chi connectivity index (χ0) is 26.7. The first-order valence-corrected chi connectivity index (χ1v) is 12.4. The van der Waals surface area contributed by atoms with E-state index >= 15 is 0 Å². The fourth-order valence-electron chi connectivity index (χ4n) is 3.68. The van der Waals surface area contributed by atoms with Crippen LogP contribution in [0.25, 0.3) is 0 Å². The number of amides is 1. The molecule has 37 heavy (non-hydrogen) atoms. The van der Waals surface area contributed by atoms with Gasteiger partial charge in [-0.3, -0.25) is 9.52 Å². The van der Waals surface area contributed by atoms with Gasteiger partial charge in [0.1, 0.15) is 10.6 Å². The molecule has 196 valence electrons. The molecule has 0 saturated carbocycles. The lowest BCUT2D eigenvalue weighted by molar-refractivity contribution is 0.102. The molecule has 0 atom stereocenters. The van der Waals surface area contributed by atoms with Crippen molar-refractivity contribution in [2.24, 2.45) is 0 Å².